The average Bonchev–Trinajstić information content (AvgIpc) is 2.56. The van der Waals surface area contributed by atoms with Gasteiger partial charge in [0.1, 0.15) is 0 Å². The standard InChI is InChI=1S/C13H11NO2/c15-13(16)11-7-4-8-14-12(9-11)10-5-2-1-3-6-10/h1-9,14H,(H,15,16). The van der Waals surface area contributed by atoms with Crippen LogP contribution in [0.1, 0.15) is 5.56 Å². The summed E-state index contributed by atoms with van der Waals surface area (Å²) in [4.78, 5) is 10.9. The normalized spacial score (nSPS) is 14.5. The van der Waals surface area contributed by atoms with Crippen molar-refractivity contribution in [1.29, 1.82) is 0 Å². The van der Waals surface area contributed by atoms with Gasteiger partial charge in [0.25, 0.3) is 0 Å². The van der Waals surface area contributed by atoms with Gasteiger partial charge in [-0.3, -0.25) is 0 Å². The summed E-state index contributed by atoms with van der Waals surface area (Å²) < 4.78 is 0. The molecule has 16 heavy (non-hydrogen) atoms. The van der Waals surface area contributed by atoms with Gasteiger partial charge in [-0.05, 0) is 23.8 Å². The Bertz CT molecular complexity index is 484. The average molecular weight is 213 g/mol. The highest BCUT2D eigenvalue weighted by molar-refractivity contribution is 5.93. The number of hydrogen-bond acceptors (Lipinski definition) is 2. The minimum absolute atomic E-state index is 0.264. The molecule has 0 aliphatic carbocycles. The number of carbonyl (C=O) groups is 1. The third-order valence-electron chi connectivity index (χ3n) is 2.24. The molecule has 0 spiro atoms. The summed E-state index contributed by atoms with van der Waals surface area (Å²) in [6.45, 7) is 0. The molecule has 0 unspecified atom stereocenters. The van der Waals surface area contributed by atoms with E-state index in [0.717, 1.165) is 11.3 Å². The van der Waals surface area contributed by atoms with Gasteiger partial charge in [-0.1, -0.05) is 30.3 Å². The molecule has 0 amide bonds. The Morgan fingerprint density at radius 2 is 1.94 bits per heavy atom. The summed E-state index contributed by atoms with van der Waals surface area (Å²) in [5.74, 6) is -0.929. The van der Waals surface area contributed by atoms with Crippen molar-refractivity contribution in [2.75, 3.05) is 0 Å². The van der Waals surface area contributed by atoms with E-state index in [2.05, 4.69) is 5.32 Å². The molecule has 0 bridgehead atoms. The van der Waals surface area contributed by atoms with E-state index in [-0.39, 0.29) is 5.57 Å². The Labute approximate surface area is 93.4 Å². The van der Waals surface area contributed by atoms with Gasteiger partial charge >= 0.3 is 5.97 Å². The molecule has 0 aromatic heterocycles. The largest absolute Gasteiger partial charge is 0.478 e. The molecule has 1 aromatic carbocycles. The predicted molar refractivity (Wildman–Crippen MR) is 62.4 cm³/mol. The molecule has 0 saturated carbocycles. The Kier molecular flexibility index (Phi) is 2.87. The van der Waals surface area contributed by atoms with E-state index in [1.54, 1.807) is 24.4 Å². The Morgan fingerprint density at radius 1 is 1.19 bits per heavy atom. The van der Waals surface area contributed by atoms with Gasteiger partial charge in [-0.2, -0.15) is 0 Å². The first-order chi connectivity index (χ1) is 7.77. The zero-order valence-corrected chi connectivity index (χ0v) is 8.55. The summed E-state index contributed by atoms with van der Waals surface area (Å²) in [7, 11) is 0. The van der Waals surface area contributed by atoms with Crippen molar-refractivity contribution >= 4 is 11.7 Å². The molecule has 1 aromatic rings. The predicted octanol–water partition coefficient (Wildman–Crippen LogP) is 2.16. The van der Waals surface area contributed by atoms with Gasteiger partial charge in [0.15, 0.2) is 0 Å². The number of carboxylic acid groups (broad SMARTS) is 1. The van der Waals surface area contributed by atoms with E-state index >= 15 is 0 Å². The van der Waals surface area contributed by atoms with Crippen LogP contribution in [-0.4, -0.2) is 11.1 Å². The molecule has 1 aliphatic rings. The Hall–Kier alpha value is -2.29. The second-order valence-electron chi connectivity index (χ2n) is 3.35. The molecule has 3 nitrogen and oxygen atoms in total. The summed E-state index contributed by atoms with van der Waals surface area (Å²) in [6.07, 6.45) is 6.58. The highest BCUT2D eigenvalue weighted by atomic mass is 16.4. The lowest BCUT2D eigenvalue weighted by molar-refractivity contribution is -0.132. The van der Waals surface area contributed by atoms with E-state index in [1.807, 2.05) is 30.3 Å². The van der Waals surface area contributed by atoms with Crippen LogP contribution in [0.15, 0.2) is 60.3 Å². The maximum Gasteiger partial charge on any atom is 0.335 e. The fourth-order valence-corrected chi connectivity index (χ4v) is 1.45. The molecule has 0 atom stereocenters. The molecule has 2 N–H and O–H groups in total. The molecule has 0 fully saturated rings. The quantitative estimate of drug-likeness (QED) is 0.791. The molecule has 3 heteroatoms. The molecular formula is C13H11NO2. The van der Waals surface area contributed by atoms with Crippen molar-refractivity contribution in [2.24, 2.45) is 0 Å². The third-order valence-corrected chi connectivity index (χ3v) is 2.24. The lowest BCUT2D eigenvalue weighted by Gasteiger charge is -2.06. The third kappa shape index (κ3) is 2.20. The fourth-order valence-electron chi connectivity index (χ4n) is 1.45. The van der Waals surface area contributed by atoms with E-state index in [1.165, 1.54) is 0 Å². The number of benzene rings is 1. The van der Waals surface area contributed by atoms with E-state index in [9.17, 15) is 4.79 Å². The molecule has 80 valence electrons. The number of aliphatic carboxylic acids is 1. The smallest absolute Gasteiger partial charge is 0.335 e. The van der Waals surface area contributed by atoms with Crippen molar-refractivity contribution in [3.8, 4) is 0 Å². The number of hydrogen-bond donors (Lipinski definition) is 2. The van der Waals surface area contributed by atoms with Crippen LogP contribution in [-0.2, 0) is 4.79 Å². The Balaban J connectivity index is 2.39. The first-order valence-corrected chi connectivity index (χ1v) is 4.91. The first-order valence-electron chi connectivity index (χ1n) is 4.91. The molecule has 2 rings (SSSR count). The second kappa shape index (κ2) is 4.49. The summed E-state index contributed by atoms with van der Waals surface area (Å²) in [5.41, 5.74) is 2.00. The number of carboxylic acids is 1. The number of nitrogens with one attached hydrogen (secondary N) is 1. The van der Waals surface area contributed by atoms with E-state index in [0.29, 0.717) is 0 Å². The summed E-state index contributed by atoms with van der Waals surface area (Å²) in [6, 6.07) is 9.60. The second-order valence-corrected chi connectivity index (χ2v) is 3.35. The molecule has 1 aliphatic heterocycles. The lowest BCUT2D eigenvalue weighted by Crippen LogP contribution is -2.04. The van der Waals surface area contributed by atoms with Crippen LogP contribution in [0.2, 0.25) is 0 Å². The molecule has 1 heterocycles. The topological polar surface area (TPSA) is 49.3 Å². The molecular weight excluding hydrogens is 202 g/mol. The van der Waals surface area contributed by atoms with Gasteiger partial charge in [0.05, 0.1) is 5.57 Å². The van der Waals surface area contributed by atoms with Gasteiger partial charge in [-0.15, -0.1) is 0 Å². The SMILES string of the molecule is O=C(O)C1=CC=CNC(c2ccccc2)=C1. The van der Waals surface area contributed by atoms with Crippen LogP contribution in [0.5, 0.6) is 0 Å². The van der Waals surface area contributed by atoms with Gasteiger partial charge in [-0.25, -0.2) is 4.79 Å². The Morgan fingerprint density at radius 3 is 2.62 bits per heavy atom. The zero-order chi connectivity index (χ0) is 11.4. The van der Waals surface area contributed by atoms with E-state index in [4.69, 9.17) is 5.11 Å². The van der Waals surface area contributed by atoms with Crippen LogP contribution in [0.3, 0.4) is 0 Å². The highest BCUT2D eigenvalue weighted by Gasteiger charge is 2.08. The van der Waals surface area contributed by atoms with Crippen molar-refractivity contribution in [3.05, 3.63) is 65.9 Å². The van der Waals surface area contributed by atoms with Gasteiger partial charge < -0.3 is 10.4 Å². The van der Waals surface area contributed by atoms with E-state index < -0.39 is 5.97 Å². The summed E-state index contributed by atoms with van der Waals surface area (Å²) in [5, 5.41) is 12.0. The maximum absolute atomic E-state index is 10.9. The lowest BCUT2D eigenvalue weighted by atomic mass is 10.1. The van der Waals surface area contributed by atoms with Crippen LogP contribution in [0, 0.1) is 0 Å². The van der Waals surface area contributed by atoms with Crippen molar-refractivity contribution in [1.82, 2.24) is 5.32 Å². The van der Waals surface area contributed by atoms with Crippen molar-refractivity contribution in [3.63, 3.8) is 0 Å². The maximum atomic E-state index is 10.9. The zero-order valence-electron chi connectivity index (χ0n) is 8.55. The number of rotatable bonds is 2. The van der Waals surface area contributed by atoms with Crippen molar-refractivity contribution in [2.45, 2.75) is 0 Å². The summed E-state index contributed by atoms with van der Waals surface area (Å²) >= 11 is 0. The van der Waals surface area contributed by atoms with Gasteiger partial charge in [0, 0.05) is 11.9 Å². The molecule has 0 saturated heterocycles. The highest BCUT2D eigenvalue weighted by Crippen LogP contribution is 2.15. The van der Waals surface area contributed by atoms with Crippen molar-refractivity contribution < 1.29 is 9.90 Å². The van der Waals surface area contributed by atoms with Crippen LogP contribution in [0.4, 0.5) is 0 Å². The first kappa shape index (κ1) is 10.2. The van der Waals surface area contributed by atoms with Crippen LogP contribution < -0.4 is 5.32 Å². The monoisotopic (exact) mass is 213 g/mol. The van der Waals surface area contributed by atoms with Crippen LogP contribution >= 0.6 is 0 Å². The fraction of sp³-hybridized carbons (Fsp3) is 0. The minimum atomic E-state index is -0.929. The van der Waals surface area contributed by atoms with Crippen LogP contribution in [0.25, 0.3) is 5.70 Å². The molecule has 0 radical (unpaired) electrons. The van der Waals surface area contributed by atoms with Gasteiger partial charge in [0.2, 0.25) is 0 Å². The number of allylic oxidation sites excluding steroid dienone is 2. The minimum Gasteiger partial charge on any atom is -0.478 e.